The van der Waals surface area contributed by atoms with Crippen molar-refractivity contribution in [2.75, 3.05) is 12.4 Å². The van der Waals surface area contributed by atoms with Gasteiger partial charge in [-0.15, -0.1) is 0 Å². The molecular weight excluding hydrogens is 320 g/mol. The zero-order valence-electron chi connectivity index (χ0n) is 14.7. The predicted octanol–water partition coefficient (Wildman–Crippen LogP) is 3.58. The van der Waals surface area contributed by atoms with Crippen LogP contribution in [0.2, 0.25) is 0 Å². The van der Waals surface area contributed by atoms with Crippen LogP contribution in [0.25, 0.3) is 11.1 Å². The molecule has 2 aromatic heterocycles. The van der Waals surface area contributed by atoms with Gasteiger partial charge < -0.3 is 19.0 Å². The fourth-order valence-electron chi connectivity index (χ4n) is 2.90. The Labute approximate surface area is 145 Å². The molecule has 3 aromatic rings. The quantitative estimate of drug-likeness (QED) is 0.737. The first-order chi connectivity index (χ1) is 11.9. The topological polar surface area (TPSA) is 73.5 Å². The summed E-state index contributed by atoms with van der Waals surface area (Å²) >= 11 is 0. The Balaban J connectivity index is 1.90. The Bertz CT molecular complexity index is 965. The average Bonchev–Trinajstić information content (AvgIpc) is 3.07. The number of rotatable bonds is 4. The van der Waals surface area contributed by atoms with Crippen molar-refractivity contribution in [3.05, 3.63) is 52.9 Å². The smallest absolute Gasteiger partial charge is 0.354 e. The van der Waals surface area contributed by atoms with E-state index < -0.39 is 5.97 Å². The molecule has 0 atom stereocenters. The summed E-state index contributed by atoms with van der Waals surface area (Å²) in [7, 11) is 1.31. The van der Waals surface area contributed by atoms with Crippen LogP contribution >= 0.6 is 0 Å². The molecule has 0 fully saturated rings. The van der Waals surface area contributed by atoms with Crippen molar-refractivity contribution in [3.63, 3.8) is 0 Å². The second kappa shape index (κ2) is 6.47. The number of nitrogens with one attached hydrogen (secondary N) is 1. The number of esters is 1. The Kier molecular flexibility index (Phi) is 4.35. The first-order valence-corrected chi connectivity index (χ1v) is 7.94. The molecule has 0 bridgehead atoms. The Morgan fingerprint density at radius 2 is 1.92 bits per heavy atom. The van der Waals surface area contributed by atoms with Crippen LogP contribution in [0.1, 0.15) is 27.4 Å². The number of carbonyl (C=O) groups excluding carboxylic acids is 2. The van der Waals surface area contributed by atoms with E-state index in [9.17, 15) is 9.59 Å². The van der Waals surface area contributed by atoms with E-state index in [0.717, 1.165) is 16.8 Å². The molecule has 130 valence electrons. The zero-order valence-corrected chi connectivity index (χ0v) is 14.7. The van der Waals surface area contributed by atoms with Crippen LogP contribution in [-0.4, -0.2) is 23.6 Å². The maximum atomic E-state index is 12.5. The number of hydrogen-bond acceptors (Lipinski definition) is 4. The standard InChI is InChI=1S/C19H20N2O4/c1-11-5-6-14(12(2)7-11)20-18(22)10-21-15-8-13(3)25-17(15)9-16(21)19(23)24-4/h5-9H,10H2,1-4H3,(H,20,22). The molecule has 2 heterocycles. The Morgan fingerprint density at radius 3 is 2.60 bits per heavy atom. The number of benzene rings is 1. The van der Waals surface area contributed by atoms with Gasteiger partial charge in [-0.2, -0.15) is 0 Å². The van der Waals surface area contributed by atoms with Gasteiger partial charge in [-0.1, -0.05) is 17.7 Å². The van der Waals surface area contributed by atoms with Crippen molar-refractivity contribution < 1.29 is 18.7 Å². The van der Waals surface area contributed by atoms with Crippen LogP contribution in [0.15, 0.2) is 34.7 Å². The third-order valence-corrected chi connectivity index (χ3v) is 4.07. The number of carbonyl (C=O) groups is 2. The van der Waals surface area contributed by atoms with Crippen LogP contribution in [0.5, 0.6) is 0 Å². The minimum atomic E-state index is -0.511. The van der Waals surface area contributed by atoms with Gasteiger partial charge in [-0.25, -0.2) is 4.79 Å². The minimum Gasteiger partial charge on any atom is -0.464 e. The summed E-state index contributed by atoms with van der Waals surface area (Å²) in [5, 5.41) is 2.89. The minimum absolute atomic E-state index is 0.0137. The van der Waals surface area contributed by atoms with Crippen LogP contribution in [0.3, 0.4) is 0 Å². The van der Waals surface area contributed by atoms with E-state index in [0.29, 0.717) is 16.9 Å². The molecule has 0 aliphatic rings. The van der Waals surface area contributed by atoms with Gasteiger partial charge in [-0.05, 0) is 32.4 Å². The molecule has 3 rings (SSSR count). The summed E-state index contributed by atoms with van der Waals surface area (Å²) in [5.41, 5.74) is 4.39. The van der Waals surface area contributed by atoms with Gasteiger partial charge in [0.25, 0.3) is 0 Å². The third-order valence-electron chi connectivity index (χ3n) is 4.07. The second-order valence-corrected chi connectivity index (χ2v) is 6.08. The van der Waals surface area contributed by atoms with Crippen LogP contribution in [0, 0.1) is 20.8 Å². The number of ether oxygens (including phenoxy) is 1. The lowest BCUT2D eigenvalue weighted by atomic mass is 10.1. The molecule has 6 nitrogen and oxygen atoms in total. The van der Waals surface area contributed by atoms with Crippen molar-refractivity contribution in [2.45, 2.75) is 27.3 Å². The fraction of sp³-hybridized carbons (Fsp3) is 0.263. The molecule has 25 heavy (non-hydrogen) atoms. The zero-order chi connectivity index (χ0) is 18.1. The van der Waals surface area contributed by atoms with E-state index in [1.54, 1.807) is 16.7 Å². The van der Waals surface area contributed by atoms with Gasteiger partial charge in [0.2, 0.25) is 5.91 Å². The van der Waals surface area contributed by atoms with E-state index in [1.165, 1.54) is 7.11 Å². The van der Waals surface area contributed by atoms with E-state index in [2.05, 4.69) is 5.32 Å². The third kappa shape index (κ3) is 3.28. The lowest BCUT2D eigenvalue weighted by molar-refractivity contribution is -0.116. The highest BCUT2D eigenvalue weighted by atomic mass is 16.5. The van der Waals surface area contributed by atoms with Crippen molar-refractivity contribution in [1.82, 2.24) is 4.57 Å². The number of nitrogens with zero attached hydrogens (tertiary/aromatic N) is 1. The first kappa shape index (κ1) is 16.8. The van der Waals surface area contributed by atoms with E-state index >= 15 is 0 Å². The molecule has 1 N–H and O–H groups in total. The molecule has 0 saturated heterocycles. The van der Waals surface area contributed by atoms with Crippen LogP contribution in [0.4, 0.5) is 5.69 Å². The van der Waals surface area contributed by atoms with Crippen molar-refractivity contribution in [1.29, 1.82) is 0 Å². The van der Waals surface area contributed by atoms with Crippen molar-refractivity contribution in [2.24, 2.45) is 0 Å². The van der Waals surface area contributed by atoms with E-state index in [-0.39, 0.29) is 18.1 Å². The Hall–Kier alpha value is -3.02. The van der Waals surface area contributed by atoms with Gasteiger partial charge >= 0.3 is 5.97 Å². The number of aromatic nitrogens is 1. The molecule has 1 aromatic carbocycles. The highest BCUT2D eigenvalue weighted by Crippen LogP contribution is 2.24. The first-order valence-electron chi connectivity index (χ1n) is 7.94. The Morgan fingerprint density at radius 1 is 1.16 bits per heavy atom. The van der Waals surface area contributed by atoms with Crippen LogP contribution in [-0.2, 0) is 16.1 Å². The molecule has 0 unspecified atom stereocenters. The summed E-state index contributed by atoms with van der Waals surface area (Å²) in [6, 6.07) is 9.21. The molecule has 0 aliphatic heterocycles. The number of aryl methyl sites for hydroxylation is 3. The fourth-order valence-corrected chi connectivity index (χ4v) is 2.90. The summed E-state index contributed by atoms with van der Waals surface area (Å²) < 4.78 is 12.0. The molecule has 6 heteroatoms. The number of furan rings is 1. The number of fused-ring (bicyclic) bond motifs is 1. The highest BCUT2D eigenvalue weighted by molar-refractivity contribution is 5.97. The predicted molar refractivity (Wildman–Crippen MR) is 94.8 cm³/mol. The van der Waals surface area contributed by atoms with Gasteiger partial charge in [0.05, 0.1) is 12.6 Å². The second-order valence-electron chi connectivity index (χ2n) is 6.08. The summed E-state index contributed by atoms with van der Waals surface area (Å²) in [4.78, 5) is 24.5. The number of methoxy groups -OCH3 is 1. The van der Waals surface area contributed by atoms with Crippen molar-refractivity contribution >= 4 is 28.7 Å². The maximum Gasteiger partial charge on any atom is 0.354 e. The lowest BCUT2D eigenvalue weighted by Crippen LogP contribution is -2.22. The van der Waals surface area contributed by atoms with Gasteiger partial charge in [0, 0.05) is 17.8 Å². The summed E-state index contributed by atoms with van der Waals surface area (Å²) in [6.07, 6.45) is 0. The molecule has 0 spiro atoms. The number of amides is 1. The average molecular weight is 340 g/mol. The highest BCUT2D eigenvalue weighted by Gasteiger charge is 2.20. The molecule has 0 aliphatic carbocycles. The SMILES string of the molecule is COC(=O)c1cc2oc(C)cc2n1CC(=O)Nc1ccc(C)cc1C. The van der Waals surface area contributed by atoms with Crippen molar-refractivity contribution in [3.8, 4) is 0 Å². The molecule has 0 saturated carbocycles. The molecule has 1 amide bonds. The monoisotopic (exact) mass is 340 g/mol. The van der Waals surface area contributed by atoms with Crippen LogP contribution < -0.4 is 5.32 Å². The lowest BCUT2D eigenvalue weighted by Gasteiger charge is -2.11. The number of anilines is 1. The van der Waals surface area contributed by atoms with E-state index in [1.807, 2.05) is 39.0 Å². The number of hydrogen-bond donors (Lipinski definition) is 1. The largest absolute Gasteiger partial charge is 0.464 e. The summed E-state index contributed by atoms with van der Waals surface area (Å²) in [5.74, 6) is -0.0261. The van der Waals surface area contributed by atoms with E-state index in [4.69, 9.17) is 9.15 Å². The summed E-state index contributed by atoms with van der Waals surface area (Å²) in [6.45, 7) is 5.74. The van der Waals surface area contributed by atoms with Gasteiger partial charge in [0.15, 0.2) is 5.58 Å². The maximum absolute atomic E-state index is 12.5. The normalized spacial score (nSPS) is 10.9. The van der Waals surface area contributed by atoms with Gasteiger partial charge in [-0.3, -0.25) is 4.79 Å². The molecular formula is C19H20N2O4. The molecule has 0 radical (unpaired) electrons. The van der Waals surface area contributed by atoms with Gasteiger partial charge in [0.1, 0.15) is 18.0 Å².